The fraction of sp³-hybridized carbons (Fsp3) is 0.333. The van der Waals surface area contributed by atoms with Crippen molar-refractivity contribution in [1.29, 1.82) is 0 Å². The monoisotopic (exact) mass is 270 g/mol. The van der Waals surface area contributed by atoms with Crippen LogP contribution >= 0.6 is 0 Å². The molecule has 0 radical (unpaired) electrons. The Bertz CT molecular complexity index is 523. The number of morpholine rings is 1. The average molecular weight is 270 g/mol. The molecule has 0 atom stereocenters. The van der Waals surface area contributed by atoms with E-state index in [1.54, 1.807) is 0 Å². The minimum atomic E-state index is 0.756. The molecule has 0 aliphatic carbocycles. The highest BCUT2D eigenvalue weighted by atomic mass is 16.5. The van der Waals surface area contributed by atoms with Crippen molar-refractivity contribution < 1.29 is 4.74 Å². The van der Waals surface area contributed by atoms with Gasteiger partial charge in [-0.1, -0.05) is 30.3 Å². The van der Waals surface area contributed by atoms with Gasteiger partial charge >= 0.3 is 0 Å². The highest BCUT2D eigenvalue weighted by molar-refractivity contribution is 5.44. The molecule has 1 N–H and O–H groups in total. The molecule has 2 heterocycles. The first-order valence-electron chi connectivity index (χ1n) is 6.86. The lowest BCUT2D eigenvalue weighted by molar-refractivity contribution is 0.122. The second kappa shape index (κ2) is 6.34. The van der Waals surface area contributed by atoms with Crippen LogP contribution < -0.4 is 10.2 Å². The summed E-state index contributed by atoms with van der Waals surface area (Å²) >= 11 is 0. The van der Waals surface area contributed by atoms with Crippen LogP contribution in [0.3, 0.4) is 0 Å². The molecule has 5 nitrogen and oxygen atoms in total. The van der Waals surface area contributed by atoms with Gasteiger partial charge in [0.25, 0.3) is 0 Å². The van der Waals surface area contributed by atoms with Gasteiger partial charge in [0.1, 0.15) is 5.82 Å². The molecule has 0 saturated carbocycles. The van der Waals surface area contributed by atoms with Gasteiger partial charge in [0.2, 0.25) is 0 Å². The predicted molar refractivity (Wildman–Crippen MR) is 78.8 cm³/mol. The maximum absolute atomic E-state index is 5.33. The second-order valence-electron chi connectivity index (χ2n) is 4.72. The minimum absolute atomic E-state index is 0.756. The van der Waals surface area contributed by atoms with Crippen molar-refractivity contribution in [3.05, 3.63) is 48.0 Å². The third kappa shape index (κ3) is 3.24. The second-order valence-corrected chi connectivity index (χ2v) is 4.72. The third-order valence-electron chi connectivity index (χ3n) is 3.30. The fourth-order valence-electron chi connectivity index (χ4n) is 2.17. The van der Waals surface area contributed by atoms with Crippen LogP contribution in [0, 0.1) is 0 Å². The zero-order chi connectivity index (χ0) is 13.6. The highest BCUT2D eigenvalue weighted by Gasteiger charge is 2.12. The molecule has 1 saturated heterocycles. The van der Waals surface area contributed by atoms with Crippen LogP contribution in [0.5, 0.6) is 0 Å². The number of ether oxygens (including phenoxy) is 1. The molecule has 5 heteroatoms. The van der Waals surface area contributed by atoms with Gasteiger partial charge in [-0.2, -0.15) is 0 Å². The number of anilines is 2. The normalized spacial score (nSPS) is 15.1. The summed E-state index contributed by atoms with van der Waals surface area (Å²) in [6, 6.07) is 14.2. The van der Waals surface area contributed by atoms with Gasteiger partial charge in [-0.25, -0.2) is 0 Å². The summed E-state index contributed by atoms with van der Waals surface area (Å²) in [5.74, 6) is 1.71. The van der Waals surface area contributed by atoms with Crippen molar-refractivity contribution >= 4 is 11.6 Å². The van der Waals surface area contributed by atoms with E-state index in [1.807, 2.05) is 30.3 Å². The van der Waals surface area contributed by atoms with E-state index >= 15 is 0 Å². The Balaban J connectivity index is 1.58. The smallest absolute Gasteiger partial charge is 0.151 e. The van der Waals surface area contributed by atoms with Crippen molar-refractivity contribution in [2.45, 2.75) is 6.54 Å². The van der Waals surface area contributed by atoms with E-state index in [1.165, 1.54) is 5.56 Å². The lowest BCUT2D eigenvalue weighted by Crippen LogP contribution is -2.36. The molecular formula is C15H18N4O. The molecule has 1 aliphatic rings. The zero-order valence-corrected chi connectivity index (χ0v) is 11.3. The number of rotatable bonds is 4. The number of nitrogens with zero attached hydrogens (tertiary/aromatic N) is 3. The van der Waals surface area contributed by atoms with Crippen LogP contribution in [0.15, 0.2) is 42.5 Å². The van der Waals surface area contributed by atoms with E-state index in [9.17, 15) is 0 Å². The van der Waals surface area contributed by atoms with E-state index in [4.69, 9.17) is 4.74 Å². The number of hydrogen-bond acceptors (Lipinski definition) is 5. The van der Waals surface area contributed by atoms with Crippen molar-refractivity contribution in [3.8, 4) is 0 Å². The molecule has 104 valence electrons. The number of nitrogens with one attached hydrogen (secondary N) is 1. The van der Waals surface area contributed by atoms with Crippen molar-refractivity contribution in [2.24, 2.45) is 0 Å². The van der Waals surface area contributed by atoms with Gasteiger partial charge < -0.3 is 15.0 Å². The Morgan fingerprint density at radius 3 is 2.50 bits per heavy atom. The molecule has 1 aromatic heterocycles. The summed E-state index contributed by atoms with van der Waals surface area (Å²) in [4.78, 5) is 2.19. The first-order valence-corrected chi connectivity index (χ1v) is 6.86. The third-order valence-corrected chi connectivity index (χ3v) is 3.30. The van der Waals surface area contributed by atoms with Gasteiger partial charge in [-0.3, -0.25) is 0 Å². The quantitative estimate of drug-likeness (QED) is 0.920. The van der Waals surface area contributed by atoms with Crippen LogP contribution in [0.1, 0.15) is 5.56 Å². The van der Waals surface area contributed by atoms with Gasteiger partial charge in [-0.15, -0.1) is 10.2 Å². The maximum atomic E-state index is 5.33. The Hall–Kier alpha value is -2.14. The van der Waals surface area contributed by atoms with E-state index in [0.29, 0.717) is 0 Å². The van der Waals surface area contributed by atoms with Gasteiger partial charge in [0.05, 0.1) is 13.2 Å². The lowest BCUT2D eigenvalue weighted by atomic mass is 10.2. The summed E-state index contributed by atoms with van der Waals surface area (Å²) in [6.07, 6.45) is 0. The molecule has 0 spiro atoms. The molecule has 3 rings (SSSR count). The Morgan fingerprint density at radius 1 is 1.00 bits per heavy atom. The Labute approximate surface area is 118 Å². The number of benzene rings is 1. The van der Waals surface area contributed by atoms with E-state index < -0.39 is 0 Å². The summed E-state index contributed by atoms with van der Waals surface area (Å²) in [6.45, 7) is 4.04. The summed E-state index contributed by atoms with van der Waals surface area (Å²) in [5.41, 5.74) is 1.23. The standard InChI is InChI=1S/C15H18N4O/c1-2-4-13(5-3-1)12-16-14-6-7-15(18-17-14)19-8-10-20-11-9-19/h1-7H,8-12H2,(H,16,17). The average Bonchev–Trinajstić information content (AvgIpc) is 2.55. The van der Waals surface area contributed by atoms with Crippen molar-refractivity contribution in [3.63, 3.8) is 0 Å². The van der Waals surface area contributed by atoms with Crippen LogP contribution in [-0.2, 0) is 11.3 Å². The Kier molecular flexibility index (Phi) is 4.08. The summed E-state index contributed by atoms with van der Waals surface area (Å²) < 4.78 is 5.33. The zero-order valence-electron chi connectivity index (χ0n) is 11.3. The molecule has 2 aromatic rings. The van der Waals surface area contributed by atoms with Gasteiger partial charge in [0.15, 0.2) is 5.82 Å². The first kappa shape index (κ1) is 12.9. The number of hydrogen-bond donors (Lipinski definition) is 1. The van der Waals surface area contributed by atoms with Gasteiger partial charge in [0, 0.05) is 19.6 Å². The maximum Gasteiger partial charge on any atom is 0.151 e. The SMILES string of the molecule is c1ccc(CNc2ccc(N3CCOCC3)nn2)cc1. The minimum Gasteiger partial charge on any atom is -0.378 e. The van der Waals surface area contributed by atoms with Crippen LogP contribution in [-0.4, -0.2) is 36.5 Å². The largest absolute Gasteiger partial charge is 0.378 e. The first-order chi connectivity index (χ1) is 9.92. The molecule has 0 amide bonds. The van der Waals surface area contributed by atoms with Crippen LogP contribution in [0.25, 0.3) is 0 Å². The molecular weight excluding hydrogens is 252 g/mol. The van der Waals surface area contributed by atoms with Gasteiger partial charge in [-0.05, 0) is 17.7 Å². The summed E-state index contributed by atoms with van der Waals surface area (Å²) in [7, 11) is 0. The van der Waals surface area contributed by atoms with E-state index in [-0.39, 0.29) is 0 Å². The van der Waals surface area contributed by atoms with E-state index in [0.717, 1.165) is 44.5 Å². The highest BCUT2D eigenvalue weighted by Crippen LogP contribution is 2.13. The molecule has 1 aromatic carbocycles. The number of aromatic nitrogens is 2. The molecule has 1 fully saturated rings. The molecule has 1 aliphatic heterocycles. The molecule has 0 unspecified atom stereocenters. The lowest BCUT2D eigenvalue weighted by Gasteiger charge is -2.27. The molecule has 0 bridgehead atoms. The van der Waals surface area contributed by atoms with Crippen molar-refractivity contribution in [1.82, 2.24) is 10.2 Å². The van der Waals surface area contributed by atoms with Crippen molar-refractivity contribution in [2.75, 3.05) is 36.5 Å². The predicted octanol–water partition coefficient (Wildman–Crippen LogP) is 1.93. The molecule has 20 heavy (non-hydrogen) atoms. The summed E-state index contributed by atoms with van der Waals surface area (Å²) in [5, 5.41) is 11.8. The topological polar surface area (TPSA) is 50.3 Å². The van der Waals surface area contributed by atoms with Crippen LogP contribution in [0.4, 0.5) is 11.6 Å². The van der Waals surface area contributed by atoms with Crippen LogP contribution in [0.2, 0.25) is 0 Å². The fourth-order valence-corrected chi connectivity index (χ4v) is 2.17. The Morgan fingerprint density at radius 2 is 1.80 bits per heavy atom. The van der Waals surface area contributed by atoms with E-state index in [2.05, 4.69) is 32.5 Å².